The zero-order valence-electron chi connectivity index (χ0n) is 19.5. The lowest BCUT2D eigenvalue weighted by Crippen LogP contribution is -2.14. The van der Waals surface area contributed by atoms with Crippen molar-refractivity contribution < 1.29 is 23.7 Å². The SMILES string of the molecule is COc1cc(Cc2nccc3cc(OC)c(OC)cc23)c(NC(=O)c2ccccc2)cc1OC. The fraction of sp³-hybridized carbons (Fsp3) is 0.185. The van der Waals surface area contributed by atoms with Crippen molar-refractivity contribution in [1.82, 2.24) is 4.98 Å². The molecule has 0 fully saturated rings. The van der Waals surface area contributed by atoms with Crippen LogP contribution in [0.1, 0.15) is 21.6 Å². The van der Waals surface area contributed by atoms with Crippen LogP contribution in [-0.2, 0) is 6.42 Å². The molecule has 1 N–H and O–H groups in total. The second-order valence-corrected chi connectivity index (χ2v) is 7.55. The topological polar surface area (TPSA) is 78.9 Å². The Morgan fingerprint density at radius 1 is 0.794 bits per heavy atom. The highest BCUT2D eigenvalue weighted by Gasteiger charge is 2.17. The van der Waals surface area contributed by atoms with Crippen LogP contribution in [0, 0.1) is 0 Å². The van der Waals surface area contributed by atoms with Crippen LogP contribution < -0.4 is 24.3 Å². The van der Waals surface area contributed by atoms with E-state index in [0.29, 0.717) is 40.7 Å². The van der Waals surface area contributed by atoms with Gasteiger partial charge in [-0.15, -0.1) is 0 Å². The summed E-state index contributed by atoms with van der Waals surface area (Å²) in [5.41, 5.74) is 2.83. The van der Waals surface area contributed by atoms with Gasteiger partial charge in [-0.25, -0.2) is 0 Å². The van der Waals surface area contributed by atoms with E-state index in [1.165, 1.54) is 0 Å². The predicted molar refractivity (Wildman–Crippen MR) is 132 cm³/mol. The van der Waals surface area contributed by atoms with Crippen LogP contribution in [-0.4, -0.2) is 39.3 Å². The quantitative estimate of drug-likeness (QED) is 0.395. The molecular weight excluding hydrogens is 432 g/mol. The first-order chi connectivity index (χ1) is 16.6. The summed E-state index contributed by atoms with van der Waals surface area (Å²) in [6.07, 6.45) is 2.20. The Hall–Kier alpha value is -4.26. The molecule has 3 aromatic carbocycles. The standard InChI is InChI=1S/C27H26N2O5/c1-31-23-13-18-10-11-28-22(20(18)15-25(23)33-3)12-19-14-24(32-2)26(34-4)16-21(19)29-27(30)17-8-6-5-7-9-17/h5-11,13-16H,12H2,1-4H3,(H,29,30). The molecular formula is C27H26N2O5. The number of aromatic nitrogens is 1. The average Bonchev–Trinajstić information content (AvgIpc) is 2.89. The van der Waals surface area contributed by atoms with Gasteiger partial charge in [0, 0.05) is 35.3 Å². The first-order valence-electron chi connectivity index (χ1n) is 10.7. The first-order valence-corrected chi connectivity index (χ1v) is 10.7. The molecule has 0 bridgehead atoms. The fourth-order valence-corrected chi connectivity index (χ4v) is 3.85. The number of hydrogen-bond acceptors (Lipinski definition) is 6. The number of nitrogens with one attached hydrogen (secondary N) is 1. The Labute approximate surface area is 198 Å². The molecule has 0 aliphatic heterocycles. The number of hydrogen-bond donors (Lipinski definition) is 1. The van der Waals surface area contributed by atoms with Gasteiger partial charge in [0.2, 0.25) is 0 Å². The molecule has 4 aromatic rings. The van der Waals surface area contributed by atoms with Gasteiger partial charge < -0.3 is 24.3 Å². The van der Waals surface area contributed by atoms with Gasteiger partial charge in [0.05, 0.1) is 34.1 Å². The van der Waals surface area contributed by atoms with E-state index in [4.69, 9.17) is 18.9 Å². The van der Waals surface area contributed by atoms with Gasteiger partial charge in [-0.05, 0) is 47.3 Å². The Morgan fingerprint density at radius 3 is 2.09 bits per heavy atom. The highest BCUT2D eigenvalue weighted by molar-refractivity contribution is 6.05. The van der Waals surface area contributed by atoms with E-state index in [9.17, 15) is 4.79 Å². The maximum Gasteiger partial charge on any atom is 0.255 e. The minimum absolute atomic E-state index is 0.216. The number of amides is 1. The molecule has 0 saturated carbocycles. The number of carbonyl (C=O) groups excluding carboxylic acids is 1. The van der Waals surface area contributed by atoms with E-state index in [-0.39, 0.29) is 5.91 Å². The summed E-state index contributed by atoms with van der Waals surface area (Å²) in [5.74, 6) is 2.14. The van der Waals surface area contributed by atoms with Crippen molar-refractivity contribution in [3.05, 3.63) is 83.7 Å². The van der Waals surface area contributed by atoms with Crippen molar-refractivity contribution in [2.24, 2.45) is 0 Å². The number of nitrogens with zero attached hydrogens (tertiary/aromatic N) is 1. The lowest BCUT2D eigenvalue weighted by Gasteiger charge is -2.17. The molecule has 1 amide bonds. The van der Waals surface area contributed by atoms with Crippen molar-refractivity contribution in [3.63, 3.8) is 0 Å². The second kappa shape index (κ2) is 10.1. The van der Waals surface area contributed by atoms with E-state index in [1.54, 1.807) is 52.8 Å². The van der Waals surface area contributed by atoms with Crippen LogP contribution in [0.4, 0.5) is 5.69 Å². The number of anilines is 1. The Morgan fingerprint density at radius 2 is 1.41 bits per heavy atom. The summed E-state index contributed by atoms with van der Waals surface area (Å²) < 4.78 is 21.9. The van der Waals surface area contributed by atoms with Gasteiger partial charge in [-0.3, -0.25) is 9.78 Å². The number of ether oxygens (including phenoxy) is 4. The lowest BCUT2D eigenvalue weighted by atomic mass is 10.0. The average molecular weight is 459 g/mol. The molecule has 0 unspecified atom stereocenters. The number of benzene rings is 3. The third kappa shape index (κ3) is 4.59. The van der Waals surface area contributed by atoms with Crippen LogP contribution in [0.2, 0.25) is 0 Å². The molecule has 7 heteroatoms. The highest BCUT2D eigenvalue weighted by atomic mass is 16.5. The van der Waals surface area contributed by atoms with Gasteiger partial charge in [-0.1, -0.05) is 18.2 Å². The smallest absolute Gasteiger partial charge is 0.255 e. The van der Waals surface area contributed by atoms with Crippen LogP contribution in [0.3, 0.4) is 0 Å². The molecule has 0 aliphatic rings. The number of rotatable bonds is 8. The van der Waals surface area contributed by atoms with Crippen molar-refractivity contribution in [1.29, 1.82) is 0 Å². The molecule has 0 atom stereocenters. The molecule has 4 rings (SSSR count). The van der Waals surface area contributed by atoms with Crippen LogP contribution in [0.15, 0.2) is 66.9 Å². The van der Waals surface area contributed by atoms with E-state index >= 15 is 0 Å². The summed E-state index contributed by atoms with van der Waals surface area (Å²) in [7, 11) is 6.35. The predicted octanol–water partition coefficient (Wildman–Crippen LogP) is 5.11. The zero-order chi connectivity index (χ0) is 24.1. The van der Waals surface area contributed by atoms with E-state index in [2.05, 4.69) is 10.3 Å². The molecule has 1 aromatic heterocycles. The monoisotopic (exact) mass is 458 g/mol. The Bertz CT molecular complexity index is 1320. The third-order valence-corrected chi connectivity index (χ3v) is 5.60. The van der Waals surface area contributed by atoms with E-state index < -0.39 is 0 Å². The summed E-state index contributed by atoms with van der Waals surface area (Å²) in [6, 6.07) is 18.4. The molecule has 0 saturated heterocycles. The maximum atomic E-state index is 12.9. The zero-order valence-corrected chi connectivity index (χ0v) is 19.5. The molecule has 0 spiro atoms. The van der Waals surface area contributed by atoms with Gasteiger partial charge in [0.15, 0.2) is 23.0 Å². The van der Waals surface area contributed by atoms with Crippen molar-refractivity contribution >= 4 is 22.4 Å². The molecule has 174 valence electrons. The molecule has 7 nitrogen and oxygen atoms in total. The lowest BCUT2D eigenvalue weighted by molar-refractivity contribution is 0.102. The summed E-state index contributed by atoms with van der Waals surface area (Å²) in [4.78, 5) is 17.5. The van der Waals surface area contributed by atoms with Crippen LogP contribution in [0.25, 0.3) is 10.8 Å². The van der Waals surface area contributed by atoms with Gasteiger partial charge >= 0.3 is 0 Å². The summed E-state index contributed by atoms with van der Waals surface area (Å²) >= 11 is 0. The Kier molecular flexibility index (Phi) is 6.82. The molecule has 0 aliphatic carbocycles. The normalized spacial score (nSPS) is 10.6. The highest BCUT2D eigenvalue weighted by Crippen LogP contribution is 2.37. The largest absolute Gasteiger partial charge is 0.493 e. The minimum Gasteiger partial charge on any atom is -0.493 e. The number of fused-ring (bicyclic) bond motifs is 1. The van der Waals surface area contributed by atoms with Crippen molar-refractivity contribution in [2.75, 3.05) is 33.8 Å². The number of methoxy groups -OCH3 is 4. The van der Waals surface area contributed by atoms with Crippen molar-refractivity contribution in [3.8, 4) is 23.0 Å². The van der Waals surface area contributed by atoms with Gasteiger partial charge in [-0.2, -0.15) is 0 Å². The fourth-order valence-electron chi connectivity index (χ4n) is 3.85. The van der Waals surface area contributed by atoms with Gasteiger partial charge in [0.25, 0.3) is 5.91 Å². The molecule has 34 heavy (non-hydrogen) atoms. The minimum atomic E-state index is -0.216. The molecule has 0 radical (unpaired) electrons. The third-order valence-electron chi connectivity index (χ3n) is 5.60. The van der Waals surface area contributed by atoms with E-state index in [0.717, 1.165) is 22.0 Å². The maximum absolute atomic E-state index is 12.9. The van der Waals surface area contributed by atoms with Gasteiger partial charge in [0.1, 0.15) is 0 Å². The first kappa shape index (κ1) is 22.9. The van der Waals surface area contributed by atoms with Crippen LogP contribution >= 0.6 is 0 Å². The molecule has 1 heterocycles. The number of carbonyl (C=O) groups is 1. The summed E-state index contributed by atoms with van der Waals surface area (Å²) in [5, 5.41) is 4.91. The number of pyridine rings is 1. The second-order valence-electron chi connectivity index (χ2n) is 7.55. The Balaban J connectivity index is 1.79. The van der Waals surface area contributed by atoms with E-state index in [1.807, 2.05) is 42.5 Å². The summed E-state index contributed by atoms with van der Waals surface area (Å²) in [6.45, 7) is 0. The van der Waals surface area contributed by atoms with Crippen molar-refractivity contribution in [2.45, 2.75) is 6.42 Å². The van der Waals surface area contributed by atoms with Crippen LogP contribution in [0.5, 0.6) is 23.0 Å².